The molecule has 1 fully saturated rings. The summed E-state index contributed by atoms with van der Waals surface area (Å²) in [6, 6.07) is 9.00. The fraction of sp³-hybridized carbons (Fsp3) is 0.375. The average molecular weight is 352 g/mol. The first-order chi connectivity index (χ1) is 11.1. The van der Waals surface area contributed by atoms with Gasteiger partial charge in [-0.05, 0) is 31.2 Å². The third-order valence-corrected chi connectivity index (χ3v) is 5.18. The summed E-state index contributed by atoms with van der Waals surface area (Å²) in [4.78, 5) is 11.8. The predicted octanol–water partition coefficient (Wildman–Crippen LogP) is 2.58. The molecule has 0 bridgehead atoms. The Morgan fingerprint density at radius 1 is 1.22 bits per heavy atom. The zero-order valence-corrected chi connectivity index (χ0v) is 14.4. The highest BCUT2D eigenvalue weighted by atomic mass is 35.5. The molecule has 0 spiro atoms. The SMILES string of the molecule is Cc1nc(C[S@](=O)c2ccc(Cl)cc2)cc(N2CCOCC2)n1. The molecule has 0 N–H and O–H groups in total. The largest absolute Gasteiger partial charge is 0.378 e. The number of anilines is 1. The van der Waals surface area contributed by atoms with Gasteiger partial charge in [-0.25, -0.2) is 9.97 Å². The fourth-order valence-corrected chi connectivity index (χ4v) is 3.59. The number of aromatic nitrogens is 2. The van der Waals surface area contributed by atoms with Crippen LogP contribution in [-0.2, 0) is 21.3 Å². The van der Waals surface area contributed by atoms with E-state index in [0.29, 0.717) is 29.8 Å². The summed E-state index contributed by atoms with van der Waals surface area (Å²) in [5, 5.41) is 0.637. The maximum absolute atomic E-state index is 12.5. The molecule has 0 aliphatic carbocycles. The van der Waals surface area contributed by atoms with Crippen LogP contribution in [0.3, 0.4) is 0 Å². The van der Waals surface area contributed by atoms with Crippen molar-refractivity contribution in [1.82, 2.24) is 9.97 Å². The molecule has 3 rings (SSSR count). The highest BCUT2D eigenvalue weighted by Crippen LogP contribution is 2.18. The first-order valence-electron chi connectivity index (χ1n) is 7.43. The number of nitrogens with zero attached hydrogens (tertiary/aromatic N) is 3. The molecule has 1 atom stereocenters. The average Bonchev–Trinajstić information content (AvgIpc) is 2.55. The van der Waals surface area contributed by atoms with Crippen molar-refractivity contribution in [2.24, 2.45) is 0 Å². The zero-order valence-electron chi connectivity index (χ0n) is 12.9. The van der Waals surface area contributed by atoms with Crippen LogP contribution in [0.15, 0.2) is 35.2 Å². The normalized spacial score (nSPS) is 16.3. The highest BCUT2D eigenvalue weighted by molar-refractivity contribution is 7.84. The molecule has 0 saturated carbocycles. The van der Waals surface area contributed by atoms with Crippen molar-refractivity contribution in [1.29, 1.82) is 0 Å². The van der Waals surface area contributed by atoms with E-state index < -0.39 is 10.8 Å². The van der Waals surface area contributed by atoms with Gasteiger partial charge in [0.15, 0.2) is 0 Å². The van der Waals surface area contributed by atoms with E-state index in [1.807, 2.05) is 13.0 Å². The number of hydrogen-bond acceptors (Lipinski definition) is 5. The molecule has 7 heteroatoms. The van der Waals surface area contributed by atoms with Gasteiger partial charge in [0.05, 0.1) is 35.5 Å². The Hall–Kier alpha value is -1.50. The van der Waals surface area contributed by atoms with Crippen LogP contribution in [0.5, 0.6) is 0 Å². The predicted molar refractivity (Wildman–Crippen MR) is 91.4 cm³/mol. The lowest BCUT2D eigenvalue weighted by molar-refractivity contribution is 0.122. The van der Waals surface area contributed by atoms with Gasteiger partial charge in [0.2, 0.25) is 0 Å². The zero-order chi connectivity index (χ0) is 16.2. The van der Waals surface area contributed by atoms with E-state index in [1.165, 1.54) is 0 Å². The van der Waals surface area contributed by atoms with Crippen LogP contribution in [0.2, 0.25) is 5.02 Å². The minimum atomic E-state index is -1.16. The van der Waals surface area contributed by atoms with Crippen molar-refractivity contribution in [3.8, 4) is 0 Å². The van der Waals surface area contributed by atoms with Crippen LogP contribution in [0.25, 0.3) is 0 Å². The molecule has 0 unspecified atom stereocenters. The first-order valence-corrected chi connectivity index (χ1v) is 9.13. The van der Waals surface area contributed by atoms with Gasteiger partial charge in [-0.2, -0.15) is 0 Å². The van der Waals surface area contributed by atoms with Crippen LogP contribution in [0.1, 0.15) is 11.5 Å². The van der Waals surface area contributed by atoms with Crippen LogP contribution in [0.4, 0.5) is 5.82 Å². The second kappa shape index (κ2) is 7.38. The third-order valence-electron chi connectivity index (χ3n) is 3.57. The van der Waals surface area contributed by atoms with Crippen molar-refractivity contribution in [2.75, 3.05) is 31.2 Å². The van der Waals surface area contributed by atoms with E-state index in [2.05, 4.69) is 14.9 Å². The molecule has 1 aliphatic heterocycles. The Balaban J connectivity index is 1.78. The van der Waals surface area contributed by atoms with E-state index >= 15 is 0 Å². The van der Waals surface area contributed by atoms with Crippen molar-refractivity contribution in [3.05, 3.63) is 46.9 Å². The Bertz CT molecular complexity index is 703. The lowest BCUT2D eigenvalue weighted by atomic mass is 10.3. The lowest BCUT2D eigenvalue weighted by Crippen LogP contribution is -2.37. The van der Waals surface area contributed by atoms with Gasteiger partial charge in [-0.15, -0.1) is 0 Å². The van der Waals surface area contributed by atoms with Gasteiger partial charge in [0.1, 0.15) is 11.6 Å². The molecular formula is C16H18ClN3O2S. The van der Waals surface area contributed by atoms with Gasteiger partial charge < -0.3 is 9.64 Å². The summed E-state index contributed by atoms with van der Waals surface area (Å²) in [5.74, 6) is 1.93. The fourth-order valence-electron chi connectivity index (χ4n) is 2.44. The van der Waals surface area contributed by atoms with Crippen LogP contribution < -0.4 is 4.90 Å². The summed E-state index contributed by atoms with van der Waals surface area (Å²) in [7, 11) is -1.16. The van der Waals surface area contributed by atoms with E-state index in [9.17, 15) is 4.21 Å². The number of halogens is 1. The van der Waals surface area contributed by atoms with Crippen molar-refractivity contribution < 1.29 is 8.95 Å². The number of hydrogen-bond donors (Lipinski definition) is 0. The van der Waals surface area contributed by atoms with E-state index in [0.717, 1.165) is 29.5 Å². The molecule has 23 heavy (non-hydrogen) atoms. The summed E-state index contributed by atoms with van der Waals surface area (Å²) < 4.78 is 17.9. The number of benzene rings is 1. The molecule has 122 valence electrons. The van der Waals surface area contributed by atoms with Crippen LogP contribution >= 0.6 is 11.6 Å². The van der Waals surface area contributed by atoms with E-state index in [-0.39, 0.29) is 0 Å². The molecule has 0 amide bonds. The molecule has 1 aliphatic rings. The summed E-state index contributed by atoms with van der Waals surface area (Å²) in [6.07, 6.45) is 0. The molecule has 5 nitrogen and oxygen atoms in total. The quantitative estimate of drug-likeness (QED) is 0.847. The molecule has 2 heterocycles. The maximum atomic E-state index is 12.5. The number of ether oxygens (including phenoxy) is 1. The third kappa shape index (κ3) is 4.28. The van der Waals surface area contributed by atoms with Gasteiger partial charge in [-0.1, -0.05) is 11.6 Å². The van der Waals surface area contributed by atoms with Gasteiger partial charge in [-0.3, -0.25) is 4.21 Å². The molecule has 0 radical (unpaired) electrons. The number of aryl methyl sites for hydroxylation is 1. The van der Waals surface area contributed by atoms with Crippen LogP contribution in [0, 0.1) is 6.92 Å². The second-order valence-corrected chi connectivity index (χ2v) is 7.20. The highest BCUT2D eigenvalue weighted by Gasteiger charge is 2.15. The lowest BCUT2D eigenvalue weighted by Gasteiger charge is -2.28. The van der Waals surface area contributed by atoms with Crippen molar-refractivity contribution in [2.45, 2.75) is 17.6 Å². The Morgan fingerprint density at radius 2 is 1.91 bits per heavy atom. The van der Waals surface area contributed by atoms with Crippen LogP contribution in [-0.4, -0.2) is 40.5 Å². The number of morpholine rings is 1. The standard InChI is InChI=1S/C16H18ClN3O2S/c1-12-18-14(10-16(19-12)20-6-8-22-9-7-20)11-23(21)15-4-2-13(17)3-5-15/h2-5,10H,6-9,11H2,1H3/t23-/m0/s1. The molecule has 2 aromatic rings. The van der Waals surface area contributed by atoms with Gasteiger partial charge in [0.25, 0.3) is 0 Å². The monoisotopic (exact) mass is 351 g/mol. The summed E-state index contributed by atoms with van der Waals surface area (Å²) in [5.41, 5.74) is 0.785. The Labute approximate surface area is 143 Å². The first kappa shape index (κ1) is 16.4. The topological polar surface area (TPSA) is 55.3 Å². The van der Waals surface area contributed by atoms with Crippen molar-refractivity contribution >= 4 is 28.2 Å². The maximum Gasteiger partial charge on any atom is 0.132 e. The Kier molecular flexibility index (Phi) is 5.25. The van der Waals surface area contributed by atoms with E-state index in [1.54, 1.807) is 24.3 Å². The van der Waals surface area contributed by atoms with Gasteiger partial charge >= 0.3 is 0 Å². The molecular weight excluding hydrogens is 334 g/mol. The van der Waals surface area contributed by atoms with Crippen molar-refractivity contribution in [3.63, 3.8) is 0 Å². The molecule has 1 aromatic carbocycles. The molecule has 1 aromatic heterocycles. The summed E-state index contributed by atoms with van der Waals surface area (Å²) >= 11 is 5.87. The minimum Gasteiger partial charge on any atom is -0.378 e. The van der Waals surface area contributed by atoms with Gasteiger partial charge in [0, 0.05) is 29.1 Å². The number of rotatable bonds is 4. The molecule has 1 saturated heterocycles. The Morgan fingerprint density at radius 3 is 2.61 bits per heavy atom. The second-order valence-electron chi connectivity index (χ2n) is 5.31. The van der Waals surface area contributed by atoms with E-state index in [4.69, 9.17) is 16.3 Å². The summed E-state index contributed by atoms with van der Waals surface area (Å²) in [6.45, 7) is 4.90. The smallest absolute Gasteiger partial charge is 0.132 e. The minimum absolute atomic E-state index is 0.363.